The van der Waals surface area contributed by atoms with Gasteiger partial charge in [-0.2, -0.15) is 12.6 Å². The third-order valence-corrected chi connectivity index (χ3v) is 5.07. The van der Waals surface area contributed by atoms with Crippen LogP contribution < -0.4 is 15.4 Å². The van der Waals surface area contributed by atoms with Crippen LogP contribution in [0.4, 0.5) is 4.79 Å². The molecule has 2 N–H and O–H groups in total. The second kappa shape index (κ2) is 12.3. The second-order valence-corrected chi connectivity index (χ2v) is 7.13. The van der Waals surface area contributed by atoms with Crippen LogP contribution in [-0.4, -0.2) is 50.0 Å². The van der Waals surface area contributed by atoms with E-state index in [2.05, 4.69) is 23.3 Å². The minimum atomic E-state index is -0.569. The van der Waals surface area contributed by atoms with E-state index in [4.69, 9.17) is 14.2 Å². The largest absolute Gasteiger partial charge is 0.497 e. The molecule has 0 bridgehead atoms. The molecule has 0 radical (unpaired) electrons. The smallest absolute Gasteiger partial charge is 0.407 e. The predicted octanol–water partition coefficient (Wildman–Crippen LogP) is 2.07. The molecule has 160 valence electrons. The van der Waals surface area contributed by atoms with Gasteiger partial charge in [-0.15, -0.1) is 0 Å². The number of carbonyl (C=O) groups excluding carboxylic acids is 3. The van der Waals surface area contributed by atoms with Gasteiger partial charge in [-0.25, -0.2) is 9.59 Å². The molecule has 1 fully saturated rings. The number of methoxy groups -OCH3 is 1. The van der Waals surface area contributed by atoms with Crippen LogP contribution in [-0.2, 0) is 25.7 Å². The molecule has 1 aliphatic heterocycles. The first-order valence-corrected chi connectivity index (χ1v) is 10.3. The summed E-state index contributed by atoms with van der Waals surface area (Å²) in [4.78, 5) is 35.8. The Balaban J connectivity index is 1.61. The molecule has 0 aromatic heterocycles. The first-order valence-electron chi connectivity index (χ1n) is 9.66. The summed E-state index contributed by atoms with van der Waals surface area (Å²) in [6, 6.07) is 6.82. The molecule has 1 aliphatic rings. The minimum absolute atomic E-state index is 0.152. The Morgan fingerprint density at radius 3 is 2.66 bits per heavy atom. The van der Waals surface area contributed by atoms with Crippen LogP contribution in [0.1, 0.15) is 31.2 Å². The standard InChI is InChI=1S/C20H28N2O6S/c1-26-16-8-6-14(7-9-16)12-27-20(25)22-11-2-4-15(13-29)18(23)28-19(24)17-5-3-10-21-17/h6-9,15,17,21,29H,2-5,10-13H2,1H3,(H,22,25)/t15?,17-/m0/s1. The Labute approximate surface area is 176 Å². The van der Waals surface area contributed by atoms with Gasteiger partial charge in [0.05, 0.1) is 13.0 Å². The summed E-state index contributed by atoms with van der Waals surface area (Å²) >= 11 is 4.17. The summed E-state index contributed by atoms with van der Waals surface area (Å²) in [5, 5.41) is 5.64. The van der Waals surface area contributed by atoms with Gasteiger partial charge in [0.15, 0.2) is 0 Å². The molecular formula is C20H28N2O6S. The summed E-state index contributed by atoms with van der Waals surface area (Å²) < 4.78 is 15.2. The van der Waals surface area contributed by atoms with Crippen molar-refractivity contribution in [2.75, 3.05) is 26.0 Å². The highest BCUT2D eigenvalue weighted by atomic mass is 32.1. The summed E-state index contributed by atoms with van der Waals surface area (Å²) in [6.07, 6.45) is 2.03. The van der Waals surface area contributed by atoms with Crippen molar-refractivity contribution in [2.24, 2.45) is 5.92 Å². The van der Waals surface area contributed by atoms with Crippen LogP contribution in [0.3, 0.4) is 0 Å². The van der Waals surface area contributed by atoms with Gasteiger partial charge in [-0.05, 0) is 49.9 Å². The van der Waals surface area contributed by atoms with Gasteiger partial charge in [0.25, 0.3) is 0 Å². The van der Waals surface area contributed by atoms with E-state index in [-0.39, 0.29) is 12.4 Å². The highest BCUT2D eigenvalue weighted by Crippen LogP contribution is 2.14. The van der Waals surface area contributed by atoms with Crippen molar-refractivity contribution in [3.8, 4) is 5.75 Å². The lowest BCUT2D eigenvalue weighted by atomic mass is 10.1. The zero-order chi connectivity index (χ0) is 21.1. The average Bonchev–Trinajstić information content (AvgIpc) is 3.27. The number of benzene rings is 1. The molecule has 2 rings (SSSR count). The fraction of sp³-hybridized carbons (Fsp3) is 0.550. The monoisotopic (exact) mass is 424 g/mol. The van der Waals surface area contributed by atoms with Gasteiger partial charge < -0.3 is 24.8 Å². The van der Waals surface area contributed by atoms with Crippen molar-refractivity contribution < 1.29 is 28.6 Å². The molecule has 1 heterocycles. The van der Waals surface area contributed by atoms with Gasteiger partial charge in [0, 0.05) is 12.3 Å². The Kier molecular flexibility index (Phi) is 9.79. The number of rotatable bonds is 10. The number of hydrogen-bond donors (Lipinski definition) is 3. The van der Waals surface area contributed by atoms with Crippen LogP contribution in [0.2, 0.25) is 0 Å². The van der Waals surface area contributed by atoms with Crippen LogP contribution in [0.5, 0.6) is 5.75 Å². The van der Waals surface area contributed by atoms with Gasteiger partial charge >= 0.3 is 18.0 Å². The van der Waals surface area contributed by atoms with E-state index in [0.29, 0.717) is 25.8 Å². The van der Waals surface area contributed by atoms with Crippen molar-refractivity contribution >= 4 is 30.7 Å². The van der Waals surface area contributed by atoms with Gasteiger partial charge in [-0.3, -0.25) is 4.79 Å². The van der Waals surface area contributed by atoms with E-state index in [1.54, 1.807) is 19.2 Å². The number of esters is 2. The van der Waals surface area contributed by atoms with Gasteiger partial charge in [-0.1, -0.05) is 12.1 Å². The lowest BCUT2D eigenvalue weighted by Gasteiger charge is -2.15. The minimum Gasteiger partial charge on any atom is -0.497 e. The maximum absolute atomic E-state index is 12.1. The van der Waals surface area contributed by atoms with E-state index in [9.17, 15) is 14.4 Å². The SMILES string of the molecule is COc1ccc(COC(=O)NCCCC(CS)C(=O)OC(=O)[C@@H]2CCCN2)cc1. The Morgan fingerprint density at radius 2 is 2.03 bits per heavy atom. The van der Waals surface area contributed by atoms with Crippen molar-refractivity contribution in [3.63, 3.8) is 0 Å². The highest BCUT2D eigenvalue weighted by molar-refractivity contribution is 7.80. The molecule has 1 saturated heterocycles. The molecule has 1 aromatic carbocycles. The number of ether oxygens (including phenoxy) is 3. The Morgan fingerprint density at radius 1 is 1.28 bits per heavy atom. The van der Waals surface area contributed by atoms with E-state index < -0.39 is 30.0 Å². The number of thiol groups is 1. The van der Waals surface area contributed by atoms with Crippen molar-refractivity contribution in [1.29, 1.82) is 0 Å². The number of amides is 1. The van der Waals surface area contributed by atoms with Crippen molar-refractivity contribution in [1.82, 2.24) is 10.6 Å². The number of alkyl carbamates (subject to hydrolysis) is 1. The van der Waals surface area contributed by atoms with Crippen LogP contribution in [0.25, 0.3) is 0 Å². The van der Waals surface area contributed by atoms with Crippen molar-refractivity contribution in [2.45, 2.75) is 38.3 Å². The number of nitrogens with one attached hydrogen (secondary N) is 2. The number of carbonyl (C=O) groups is 3. The molecule has 0 aliphatic carbocycles. The summed E-state index contributed by atoms with van der Waals surface area (Å²) in [5.41, 5.74) is 0.847. The maximum Gasteiger partial charge on any atom is 0.407 e. The quantitative estimate of drug-likeness (QED) is 0.229. The summed E-state index contributed by atoms with van der Waals surface area (Å²) in [7, 11) is 1.58. The van der Waals surface area contributed by atoms with Crippen LogP contribution >= 0.6 is 12.6 Å². The summed E-state index contributed by atoms with van der Waals surface area (Å²) in [6.45, 7) is 1.25. The van der Waals surface area contributed by atoms with E-state index in [1.165, 1.54) is 0 Å². The Hall–Kier alpha value is -2.26. The molecule has 8 nitrogen and oxygen atoms in total. The average molecular weight is 425 g/mol. The molecular weight excluding hydrogens is 396 g/mol. The fourth-order valence-corrected chi connectivity index (χ4v) is 3.22. The fourth-order valence-electron chi connectivity index (χ4n) is 2.88. The predicted molar refractivity (Wildman–Crippen MR) is 110 cm³/mol. The molecule has 0 spiro atoms. The zero-order valence-electron chi connectivity index (χ0n) is 16.5. The first-order chi connectivity index (χ1) is 14.0. The molecule has 9 heteroatoms. The maximum atomic E-state index is 12.1. The van der Waals surface area contributed by atoms with Crippen molar-refractivity contribution in [3.05, 3.63) is 29.8 Å². The third-order valence-electron chi connectivity index (χ3n) is 4.63. The third kappa shape index (κ3) is 7.94. The molecule has 1 amide bonds. The van der Waals surface area contributed by atoms with Crippen LogP contribution in [0.15, 0.2) is 24.3 Å². The Bertz CT molecular complexity index is 676. The molecule has 0 saturated carbocycles. The molecule has 1 unspecified atom stereocenters. The highest BCUT2D eigenvalue weighted by Gasteiger charge is 2.28. The molecule has 1 aromatic rings. The van der Waals surface area contributed by atoms with E-state index >= 15 is 0 Å². The van der Waals surface area contributed by atoms with E-state index in [0.717, 1.165) is 24.3 Å². The topological polar surface area (TPSA) is 103 Å². The number of hydrogen-bond acceptors (Lipinski definition) is 8. The van der Waals surface area contributed by atoms with Gasteiger partial charge in [0.1, 0.15) is 18.4 Å². The van der Waals surface area contributed by atoms with E-state index in [1.807, 2.05) is 12.1 Å². The second-order valence-electron chi connectivity index (χ2n) is 6.76. The first kappa shape index (κ1) is 23.0. The zero-order valence-corrected chi connectivity index (χ0v) is 17.4. The lowest BCUT2D eigenvalue weighted by molar-refractivity contribution is -0.163. The molecule has 2 atom stereocenters. The lowest BCUT2D eigenvalue weighted by Crippen LogP contribution is -2.35. The van der Waals surface area contributed by atoms with Crippen LogP contribution in [0, 0.1) is 5.92 Å². The molecule has 29 heavy (non-hydrogen) atoms. The normalized spacial score (nSPS) is 16.7. The summed E-state index contributed by atoms with van der Waals surface area (Å²) in [5.74, 6) is -0.593. The van der Waals surface area contributed by atoms with Gasteiger partial charge in [0.2, 0.25) is 0 Å².